The van der Waals surface area contributed by atoms with E-state index in [2.05, 4.69) is 0 Å². The molecule has 0 saturated carbocycles. The van der Waals surface area contributed by atoms with E-state index in [1.807, 2.05) is 0 Å². The highest BCUT2D eigenvalue weighted by Crippen LogP contribution is 2.32. The van der Waals surface area contributed by atoms with Crippen molar-refractivity contribution < 1.29 is 38.1 Å². The second-order valence-electron chi connectivity index (χ2n) is 6.91. The summed E-state index contributed by atoms with van der Waals surface area (Å²) < 4.78 is 25.8. The number of ether oxygens (including phenoxy) is 5. The molecule has 164 valence electrons. The fourth-order valence-corrected chi connectivity index (χ4v) is 2.87. The molecular weight excluding hydrogens is 380 g/mol. The molecule has 0 aromatic heterocycles. The van der Waals surface area contributed by atoms with Gasteiger partial charge in [-0.05, 0) is 44.6 Å². The maximum absolute atomic E-state index is 12.5. The van der Waals surface area contributed by atoms with E-state index in [9.17, 15) is 14.4 Å². The third kappa shape index (κ3) is 8.37. The Morgan fingerprint density at radius 2 is 1.72 bits per heavy atom. The van der Waals surface area contributed by atoms with Crippen molar-refractivity contribution in [3.8, 4) is 0 Å². The minimum absolute atomic E-state index is 0.0520. The van der Waals surface area contributed by atoms with E-state index in [0.717, 1.165) is 19.3 Å². The predicted octanol–water partition coefficient (Wildman–Crippen LogP) is 2.71. The Morgan fingerprint density at radius 1 is 1.03 bits per heavy atom. The maximum Gasteiger partial charge on any atom is 0.323 e. The minimum Gasteiger partial charge on any atom is -0.468 e. The van der Waals surface area contributed by atoms with Gasteiger partial charge in [0.1, 0.15) is 6.61 Å². The topological polar surface area (TPSA) is 97.4 Å². The molecule has 0 N–H and O–H groups in total. The van der Waals surface area contributed by atoms with Gasteiger partial charge < -0.3 is 23.7 Å². The fraction of sp³-hybridized carbons (Fsp3) is 0.667. The Balaban J connectivity index is 2.81. The van der Waals surface area contributed by atoms with E-state index in [1.54, 1.807) is 25.2 Å². The SMILES string of the molecule is COC(=O)C(C/C=C\COC1CCCCO1)(C/C=C(\C)COC(C)=O)C(=O)OC. The van der Waals surface area contributed by atoms with E-state index in [0.29, 0.717) is 18.8 Å². The summed E-state index contributed by atoms with van der Waals surface area (Å²) in [5.74, 6) is -1.79. The predicted molar refractivity (Wildman–Crippen MR) is 105 cm³/mol. The van der Waals surface area contributed by atoms with Crippen LogP contribution < -0.4 is 0 Å². The van der Waals surface area contributed by atoms with Crippen molar-refractivity contribution in [1.29, 1.82) is 0 Å². The van der Waals surface area contributed by atoms with Gasteiger partial charge in [0.15, 0.2) is 11.7 Å². The van der Waals surface area contributed by atoms with Crippen LogP contribution in [0.4, 0.5) is 0 Å². The molecule has 0 aromatic rings. The summed E-state index contributed by atoms with van der Waals surface area (Å²) in [6.07, 6.45) is 8.01. The van der Waals surface area contributed by atoms with Gasteiger partial charge in [0.2, 0.25) is 0 Å². The van der Waals surface area contributed by atoms with E-state index in [-0.39, 0.29) is 25.7 Å². The first kappa shape index (κ1) is 24.8. The molecule has 0 spiro atoms. The maximum atomic E-state index is 12.5. The largest absolute Gasteiger partial charge is 0.468 e. The lowest BCUT2D eigenvalue weighted by atomic mass is 9.80. The average molecular weight is 412 g/mol. The van der Waals surface area contributed by atoms with E-state index in [1.165, 1.54) is 21.1 Å². The summed E-state index contributed by atoms with van der Waals surface area (Å²) in [6, 6.07) is 0. The van der Waals surface area contributed by atoms with Gasteiger partial charge in [-0.25, -0.2) is 0 Å². The molecule has 1 aliphatic rings. The molecule has 0 amide bonds. The number of methoxy groups -OCH3 is 2. The van der Waals surface area contributed by atoms with Crippen molar-refractivity contribution in [3.05, 3.63) is 23.8 Å². The van der Waals surface area contributed by atoms with Gasteiger partial charge in [0.25, 0.3) is 0 Å². The summed E-state index contributed by atoms with van der Waals surface area (Å²) in [6.45, 7) is 4.15. The zero-order valence-electron chi connectivity index (χ0n) is 17.7. The number of esters is 3. The van der Waals surface area contributed by atoms with Crippen LogP contribution in [0.2, 0.25) is 0 Å². The zero-order chi connectivity index (χ0) is 21.7. The lowest BCUT2D eigenvalue weighted by Gasteiger charge is -2.26. The van der Waals surface area contributed by atoms with Crippen molar-refractivity contribution in [2.45, 2.75) is 52.2 Å². The van der Waals surface area contributed by atoms with E-state index >= 15 is 0 Å². The van der Waals surface area contributed by atoms with Crippen LogP contribution in [0.15, 0.2) is 23.8 Å². The molecule has 1 aliphatic heterocycles. The first-order chi connectivity index (χ1) is 13.9. The van der Waals surface area contributed by atoms with Crippen LogP contribution in [0.1, 0.15) is 46.0 Å². The van der Waals surface area contributed by atoms with Gasteiger partial charge >= 0.3 is 17.9 Å². The highest BCUT2D eigenvalue weighted by Gasteiger charge is 2.46. The molecule has 8 heteroatoms. The van der Waals surface area contributed by atoms with Gasteiger partial charge in [-0.3, -0.25) is 14.4 Å². The van der Waals surface area contributed by atoms with Gasteiger partial charge in [0.05, 0.1) is 20.8 Å². The molecule has 0 aliphatic carbocycles. The zero-order valence-corrected chi connectivity index (χ0v) is 17.7. The number of rotatable bonds is 11. The fourth-order valence-electron chi connectivity index (χ4n) is 2.87. The van der Waals surface area contributed by atoms with Crippen molar-refractivity contribution in [1.82, 2.24) is 0 Å². The lowest BCUT2D eigenvalue weighted by Crippen LogP contribution is -2.40. The van der Waals surface area contributed by atoms with E-state index in [4.69, 9.17) is 23.7 Å². The van der Waals surface area contributed by atoms with Gasteiger partial charge in [-0.2, -0.15) is 0 Å². The second kappa shape index (κ2) is 13.1. The molecule has 1 fully saturated rings. The van der Waals surface area contributed by atoms with Crippen LogP contribution in [0.5, 0.6) is 0 Å². The third-order valence-corrected chi connectivity index (χ3v) is 4.60. The number of hydrogen-bond donors (Lipinski definition) is 0. The van der Waals surface area contributed by atoms with Gasteiger partial charge in [-0.15, -0.1) is 0 Å². The van der Waals surface area contributed by atoms with Crippen molar-refractivity contribution in [3.63, 3.8) is 0 Å². The molecule has 29 heavy (non-hydrogen) atoms. The average Bonchev–Trinajstić information content (AvgIpc) is 2.73. The van der Waals surface area contributed by atoms with Gasteiger partial charge in [-0.1, -0.05) is 18.2 Å². The Kier molecular flexibility index (Phi) is 11.2. The van der Waals surface area contributed by atoms with Crippen LogP contribution in [0.25, 0.3) is 0 Å². The molecular formula is C21H32O8. The Labute approximate surface area is 172 Å². The molecule has 1 saturated heterocycles. The monoisotopic (exact) mass is 412 g/mol. The molecule has 0 bridgehead atoms. The number of carbonyl (C=O) groups excluding carboxylic acids is 3. The smallest absolute Gasteiger partial charge is 0.323 e. The highest BCUT2D eigenvalue weighted by atomic mass is 16.7. The Morgan fingerprint density at radius 3 is 2.28 bits per heavy atom. The van der Waals surface area contributed by atoms with Crippen LogP contribution in [-0.2, 0) is 38.1 Å². The molecule has 1 unspecified atom stereocenters. The molecule has 1 atom stereocenters. The van der Waals surface area contributed by atoms with Crippen LogP contribution in [-0.4, -0.2) is 58.2 Å². The molecule has 0 radical (unpaired) electrons. The third-order valence-electron chi connectivity index (χ3n) is 4.60. The van der Waals surface area contributed by atoms with Gasteiger partial charge in [0, 0.05) is 13.5 Å². The Bertz CT molecular complexity index is 586. The summed E-state index contributed by atoms with van der Waals surface area (Å²) in [4.78, 5) is 36.0. The highest BCUT2D eigenvalue weighted by molar-refractivity contribution is 6.00. The van der Waals surface area contributed by atoms with Crippen LogP contribution in [0, 0.1) is 5.41 Å². The first-order valence-electron chi connectivity index (χ1n) is 9.69. The molecule has 1 heterocycles. The first-order valence-corrected chi connectivity index (χ1v) is 9.69. The summed E-state index contributed by atoms with van der Waals surface area (Å²) in [5.41, 5.74) is -0.821. The second-order valence-corrected chi connectivity index (χ2v) is 6.91. The lowest BCUT2D eigenvalue weighted by molar-refractivity contribution is -0.169. The molecule has 1 rings (SSSR count). The minimum atomic E-state index is -1.53. The van der Waals surface area contributed by atoms with Crippen LogP contribution in [0.3, 0.4) is 0 Å². The quantitative estimate of drug-likeness (QED) is 0.221. The number of hydrogen-bond acceptors (Lipinski definition) is 8. The van der Waals surface area contributed by atoms with Crippen molar-refractivity contribution in [2.75, 3.05) is 34.0 Å². The number of allylic oxidation sites excluding steroid dienone is 2. The van der Waals surface area contributed by atoms with E-state index < -0.39 is 23.3 Å². The van der Waals surface area contributed by atoms with Crippen molar-refractivity contribution >= 4 is 17.9 Å². The summed E-state index contributed by atoms with van der Waals surface area (Å²) in [5, 5.41) is 0. The number of carbonyl (C=O) groups is 3. The summed E-state index contributed by atoms with van der Waals surface area (Å²) >= 11 is 0. The standard InChI is InChI=1S/C21H32O8/c1-16(15-29-17(2)22)10-12-21(19(23)25-3,20(24)26-4)11-6-8-14-28-18-9-5-7-13-27-18/h6,8,10,18H,5,7,9,11-15H2,1-4H3/b8-6-,16-10+. The van der Waals surface area contributed by atoms with Crippen molar-refractivity contribution in [2.24, 2.45) is 5.41 Å². The Hall–Kier alpha value is -2.19. The summed E-state index contributed by atoms with van der Waals surface area (Å²) in [7, 11) is 2.45. The van der Waals surface area contributed by atoms with Crippen LogP contribution >= 0.6 is 0 Å². The molecule has 0 aromatic carbocycles. The molecule has 8 nitrogen and oxygen atoms in total. The normalized spacial score (nSPS) is 17.8.